The number of hydrogen-bond acceptors (Lipinski definition) is 4. The number of aryl methyl sites for hydroxylation is 1. The normalized spacial score (nSPS) is 11.4. The third-order valence-corrected chi connectivity index (χ3v) is 4.78. The van der Waals surface area contributed by atoms with E-state index in [1.165, 1.54) is 17.7 Å². The van der Waals surface area contributed by atoms with Gasteiger partial charge in [-0.2, -0.15) is 0 Å². The van der Waals surface area contributed by atoms with Crippen LogP contribution in [0.25, 0.3) is 0 Å². The topological polar surface area (TPSA) is 66.4 Å². The van der Waals surface area contributed by atoms with Gasteiger partial charge in [0.1, 0.15) is 22.4 Å². The van der Waals surface area contributed by atoms with Crippen LogP contribution in [0.3, 0.4) is 0 Å². The van der Waals surface area contributed by atoms with Gasteiger partial charge in [0.15, 0.2) is 0 Å². The van der Waals surface area contributed by atoms with Gasteiger partial charge in [0.05, 0.1) is 32.6 Å². The minimum atomic E-state index is -4.27. The Morgan fingerprint density at radius 3 is 1.92 bits per heavy atom. The molecule has 0 atom stereocenters. The Morgan fingerprint density at radius 2 is 1.52 bits per heavy atom. The van der Waals surface area contributed by atoms with Crippen LogP contribution >= 0.6 is 0 Å². The van der Waals surface area contributed by atoms with Gasteiger partial charge >= 0.3 is 0 Å². The molecule has 138 valence electrons. The summed E-state index contributed by atoms with van der Waals surface area (Å²) in [5.74, 6) is 0.926. The lowest BCUT2D eigenvalue weighted by molar-refractivity contribution is -0.901. The van der Waals surface area contributed by atoms with Crippen molar-refractivity contribution in [2.45, 2.75) is 25.3 Å². The van der Waals surface area contributed by atoms with Crippen molar-refractivity contribution in [1.29, 1.82) is 0 Å². The van der Waals surface area contributed by atoms with Crippen LogP contribution in [0.5, 0.6) is 5.75 Å². The van der Waals surface area contributed by atoms with Gasteiger partial charge in [-0.25, -0.2) is 8.42 Å². The standard InChI is InChI=1S/C12H20NO.C7H8O3S/c1-5-13(2,3)10-11-6-8-12(14-4)9-7-11;1-6-2-4-7(5-3-6)11(8,9)10/h6-9H,5,10H2,1-4H3;2-5H,1H3,(H,8,9,10)/q+1;/p-1. The Morgan fingerprint density at radius 1 is 1.00 bits per heavy atom. The molecule has 2 aromatic rings. The van der Waals surface area contributed by atoms with Crippen molar-refractivity contribution < 1.29 is 22.2 Å². The minimum absolute atomic E-state index is 0.178. The van der Waals surface area contributed by atoms with Crippen molar-refractivity contribution >= 4 is 10.1 Å². The van der Waals surface area contributed by atoms with Crippen molar-refractivity contribution in [3.63, 3.8) is 0 Å². The van der Waals surface area contributed by atoms with Crippen LogP contribution < -0.4 is 4.74 Å². The highest BCUT2D eigenvalue weighted by molar-refractivity contribution is 7.85. The lowest BCUT2D eigenvalue weighted by atomic mass is 10.2. The average Bonchev–Trinajstić information content (AvgIpc) is 2.55. The second kappa shape index (κ2) is 8.99. The summed E-state index contributed by atoms with van der Waals surface area (Å²) in [6.07, 6.45) is 0. The van der Waals surface area contributed by atoms with E-state index < -0.39 is 10.1 Å². The quantitative estimate of drug-likeness (QED) is 0.603. The summed E-state index contributed by atoms with van der Waals surface area (Å²) in [5.41, 5.74) is 2.29. The highest BCUT2D eigenvalue weighted by atomic mass is 32.2. The molecule has 0 spiro atoms. The van der Waals surface area contributed by atoms with Gasteiger partial charge in [-0.15, -0.1) is 0 Å². The van der Waals surface area contributed by atoms with E-state index in [2.05, 4.69) is 33.2 Å². The molecule has 6 heteroatoms. The number of ether oxygens (including phenoxy) is 1. The monoisotopic (exact) mass is 365 g/mol. The van der Waals surface area contributed by atoms with Gasteiger partial charge in [-0.3, -0.25) is 0 Å². The fraction of sp³-hybridized carbons (Fsp3) is 0.368. The van der Waals surface area contributed by atoms with Crippen LogP contribution in [0.1, 0.15) is 18.1 Å². The predicted molar refractivity (Wildman–Crippen MR) is 98.5 cm³/mol. The Labute approximate surface area is 151 Å². The Hall–Kier alpha value is -1.89. The molecule has 0 saturated carbocycles. The maximum atomic E-state index is 10.4. The van der Waals surface area contributed by atoms with E-state index in [-0.39, 0.29) is 4.90 Å². The van der Waals surface area contributed by atoms with E-state index in [1.54, 1.807) is 19.2 Å². The highest BCUT2D eigenvalue weighted by Gasteiger charge is 2.12. The smallest absolute Gasteiger partial charge is 0.124 e. The molecule has 0 unspecified atom stereocenters. The first-order chi connectivity index (χ1) is 11.6. The summed E-state index contributed by atoms with van der Waals surface area (Å²) >= 11 is 0. The Balaban J connectivity index is 0.000000257. The Bertz CT molecular complexity index is 751. The molecule has 25 heavy (non-hydrogen) atoms. The molecule has 0 amide bonds. The van der Waals surface area contributed by atoms with E-state index in [0.717, 1.165) is 28.9 Å². The van der Waals surface area contributed by atoms with Crippen LogP contribution in [-0.2, 0) is 16.7 Å². The first-order valence-corrected chi connectivity index (χ1v) is 9.46. The van der Waals surface area contributed by atoms with Crippen LogP contribution in [-0.4, -0.2) is 45.2 Å². The largest absolute Gasteiger partial charge is 0.744 e. The maximum absolute atomic E-state index is 10.4. The summed E-state index contributed by atoms with van der Waals surface area (Å²) in [7, 11) is 1.91. The molecule has 0 heterocycles. The van der Waals surface area contributed by atoms with Gasteiger partial charge in [0.25, 0.3) is 0 Å². The molecule has 0 aliphatic carbocycles. The summed E-state index contributed by atoms with van der Waals surface area (Å²) < 4.78 is 37.3. The molecule has 0 radical (unpaired) electrons. The minimum Gasteiger partial charge on any atom is -0.744 e. The van der Waals surface area contributed by atoms with E-state index in [9.17, 15) is 13.0 Å². The van der Waals surface area contributed by atoms with Crippen molar-refractivity contribution in [2.75, 3.05) is 27.7 Å². The zero-order valence-electron chi connectivity index (χ0n) is 15.5. The number of nitrogens with zero attached hydrogens (tertiary/aromatic N) is 1. The number of benzene rings is 2. The second-order valence-electron chi connectivity index (χ2n) is 6.53. The molecule has 2 rings (SSSR count). The molecule has 0 aliphatic heterocycles. The molecule has 2 aromatic carbocycles. The number of methoxy groups -OCH3 is 1. The van der Waals surface area contributed by atoms with Crippen LogP contribution in [0, 0.1) is 6.92 Å². The molecule has 0 aliphatic rings. The summed E-state index contributed by atoms with van der Waals surface area (Å²) in [5, 5.41) is 0. The van der Waals surface area contributed by atoms with Crippen molar-refractivity contribution in [2.24, 2.45) is 0 Å². The highest BCUT2D eigenvalue weighted by Crippen LogP contribution is 2.14. The number of hydrogen-bond donors (Lipinski definition) is 0. The van der Waals surface area contributed by atoms with Gasteiger partial charge in [-0.1, -0.05) is 17.7 Å². The number of rotatable bonds is 5. The zero-order chi connectivity index (χ0) is 19.1. The van der Waals surface area contributed by atoms with Gasteiger partial charge in [0.2, 0.25) is 0 Å². The van der Waals surface area contributed by atoms with Crippen LogP contribution in [0.2, 0.25) is 0 Å². The van der Waals surface area contributed by atoms with Crippen LogP contribution in [0.4, 0.5) is 0 Å². The number of quaternary nitrogens is 1. The predicted octanol–water partition coefficient (Wildman–Crippen LogP) is 3.19. The molecular formula is C19H27NO4S. The second-order valence-corrected chi connectivity index (χ2v) is 7.90. The first-order valence-electron chi connectivity index (χ1n) is 8.05. The molecule has 0 fully saturated rings. The van der Waals surface area contributed by atoms with E-state index in [0.29, 0.717) is 0 Å². The summed E-state index contributed by atoms with van der Waals surface area (Å²) in [4.78, 5) is -0.178. The lowest BCUT2D eigenvalue weighted by Gasteiger charge is -2.28. The van der Waals surface area contributed by atoms with Gasteiger partial charge in [-0.05, 0) is 50.2 Å². The van der Waals surface area contributed by atoms with Crippen molar-refractivity contribution in [3.05, 3.63) is 59.7 Å². The SMILES string of the molecule is CC[N+](C)(C)Cc1ccc(OC)cc1.Cc1ccc(S(=O)(=O)[O-])cc1. The van der Waals surface area contributed by atoms with Gasteiger partial charge in [0, 0.05) is 5.56 Å². The zero-order valence-corrected chi connectivity index (χ0v) is 16.3. The molecule has 0 saturated heterocycles. The fourth-order valence-electron chi connectivity index (χ4n) is 2.04. The summed E-state index contributed by atoms with van der Waals surface area (Å²) in [6.45, 7) is 6.25. The van der Waals surface area contributed by atoms with Gasteiger partial charge < -0.3 is 13.8 Å². The third kappa shape index (κ3) is 7.69. The lowest BCUT2D eigenvalue weighted by Crippen LogP contribution is -2.38. The van der Waals surface area contributed by atoms with Crippen molar-refractivity contribution in [1.82, 2.24) is 0 Å². The van der Waals surface area contributed by atoms with E-state index in [4.69, 9.17) is 4.74 Å². The molecule has 5 nitrogen and oxygen atoms in total. The van der Waals surface area contributed by atoms with Crippen LogP contribution in [0.15, 0.2) is 53.4 Å². The summed E-state index contributed by atoms with van der Waals surface area (Å²) in [6, 6.07) is 14.1. The molecular weight excluding hydrogens is 338 g/mol. The first kappa shape index (κ1) is 21.2. The molecule has 0 N–H and O–H groups in total. The van der Waals surface area contributed by atoms with E-state index >= 15 is 0 Å². The average molecular weight is 365 g/mol. The van der Waals surface area contributed by atoms with E-state index in [1.807, 2.05) is 19.1 Å². The molecule has 0 bridgehead atoms. The third-order valence-electron chi connectivity index (χ3n) is 3.94. The van der Waals surface area contributed by atoms with Crippen molar-refractivity contribution in [3.8, 4) is 5.75 Å². The molecule has 0 aromatic heterocycles. The maximum Gasteiger partial charge on any atom is 0.124 e. The fourth-order valence-corrected chi connectivity index (χ4v) is 2.51. The Kier molecular flexibility index (Phi) is 7.60.